The third-order valence-electron chi connectivity index (χ3n) is 5.84. The van der Waals surface area contributed by atoms with E-state index in [9.17, 15) is 23.7 Å². The Balaban J connectivity index is 1.95. The van der Waals surface area contributed by atoms with Crippen LogP contribution in [-0.4, -0.2) is 62.9 Å². The number of anilines is 1. The van der Waals surface area contributed by atoms with Crippen molar-refractivity contribution >= 4 is 19.5 Å². The summed E-state index contributed by atoms with van der Waals surface area (Å²) in [4.78, 5) is 28.3. The number of aromatic nitrogens is 2. The molecule has 1 aromatic heterocycles. The summed E-state index contributed by atoms with van der Waals surface area (Å²) >= 11 is 0. The number of aliphatic hydroxyl groups is 1. The van der Waals surface area contributed by atoms with Crippen LogP contribution in [0.3, 0.4) is 0 Å². The third kappa shape index (κ3) is 6.82. The molecule has 12 nitrogen and oxygen atoms in total. The van der Waals surface area contributed by atoms with Crippen LogP contribution in [0.2, 0.25) is 0 Å². The van der Waals surface area contributed by atoms with E-state index in [4.69, 9.17) is 24.3 Å². The van der Waals surface area contributed by atoms with Gasteiger partial charge in [0.05, 0.1) is 6.10 Å². The van der Waals surface area contributed by atoms with Crippen molar-refractivity contribution in [3.8, 4) is 5.75 Å². The quantitative estimate of drug-likeness (QED) is 0.267. The Kier molecular flexibility index (Phi) is 9.18. The van der Waals surface area contributed by atoms with Crippen LogP contribution in [0.15, 0.2) is 47.4 Å². The highest BCUT2D eigenvalue weighted by Crippen LogP contribution is 2.53. The maximum absolute atomic E-state index is 15.9. The van der Waals surface area contributed by atoms with Gasteiger partial charge in [0, 0.05) is 6.20 Å². The minimum Gasteiger partial charge on any atom is -0.462 e. The van der Waals surface area contributed by atoms with Crippen molar-refractivity contribution in [2.75, 3.05) is 12.4 Å². The van der Waals surface area contributed by atoms with E-state index in [1.165, 1.54) is 39.0 Å². The molecule has 1 fully saturated rings. The van der Waals surface area contributed by atoms with Crippen molar-refractivity contribution in [3.05, 3.63) is 53.1 Å². The van der Waals surface area contributed by atoms with Gasteiger partial charge in [-0.1, -0.05) is 18.2 Å². The highest BCUT2D eigenvalue weighted by Gasteiger charge is 2.63. The summed E-state index contributed by atoms with van der Waals surface area (Å²) in [6.07, 6.45) is -5.25. The Labute approximate surface area is 224 Å². The van der Waals surface area contributed by atoms with Crippen LogP contribution < -0.4 is 21.0 Å². The van der Waals surface area contributed by atoms with Gasteiger partial charge in [-0.25, -0.2) is 18.1 Å². The number of aliphatic hydroxyl groups excluding tert-OH is 1. The summed E-state index contributed by atoms with van der Waals surface area (Å²) in [5.74, 6) is -0.812. The zero-order valence-electron chi connectivity index (χ0n) is 22.1. The van der Waals surface area contributed by atoms with Gasteiger partial charge in [-0.15, -0.1) is 0 Å². The molecule has 39 heavy (non-hydrogen) atoms. The van der Waals surface area contributed by atoms with Crippen molar-refractivity contribution in [2.45, 2.75) is 76.5 Å². The maximum Gasteiger partial charge on any atom is 0.460 e. The Morgan fingerprint density at radius 1 is 1.31 bits per heavy atom. The van der Waals surface area contributed by atoms with Crippen molar-refractivity contribution in [3.63, 3.8) is 0 Å². The van der Waals surface area contributed by atoms with E-state index < -0.39 is 67.9 Å². The number of ether oxygens (including phenoxy) is 2. The molecule has 1 saturated heterocycles. The smallest absolute Gasteiger partial charge is 0.460 e. The van der Waals surface area contributed by atoms with Crippen LogP contribution in [0.25, 0.3) is 0 Å². The van der Waals surface area contributed by atoms with Gasteiger partial charge < -0.3 is 24.8 Å². The van der Waals surface area contributed by atoms with Crippen LogP contribution in [0.4, 0.5) is 14.6 Å². The summed E-state index contributed by atoms with van der Waals surface area (Å²) in [7, 11) is -4.51. The second-order valence-corrected chi connectivity index (χ2v) is 11.5. The second kappa shape index (κ2) is 11.7. The molecule has 0 aliphatic carbocycles. The minimum absolute atomic E-state index is 0.0995. The molecule has 2 heterocycles. The number of halogens is 2. The van der Waals surface area contributed by atoms with Crippen LogP contribution in [0, 0.1) is 0 Å². The molecule has 0 amide bonds. The van der Waals surface area contributed by atoms with Gasteiger partial charge in [-0.05, 0) is 52.8 Å². The van der Waals surface area contributed by atoms with E-state index >= 15 is 4.39 Å². The summed E-state index contributed by atoms with van der Waals surface area (Å²) in [6.45, 7) is 5.49. The predicted molar refractivity (Wildman–Crippen MR) is 136 cm³/mol. The number of rotatable bonds is 11. The third-order valence-corrected chi connectivity index (χ3v) is 7.71. The molecule has 0 radical (unpaired) electrons. The number of esters is 1. The number of nitrogens with zero attached hydrogens (tertiary/aromatic N) is 2. The topological polar surface area (TPSA) is 164 Å². The lowest BCUT2D eigenvalue weighted by Gasteiger charge is -2.36. The van der Waals surface area contributed by atoms with Gasteiger partial charge in [-0.2, -0.15) is 10.1 Å². The Morgan fingerprint density at radius 2 is 1.95 bits per heavy atom. The summed E-state index contributed by atoms with van der Waals surface area (Å²) < 4.78 is 66.8. The molecule has 3 rings (SSSR count). The summed E-state index contributed by atoms with van der Waals surface area (Å²) in [5.41, 5.74) is -0.528. The zero-order valence-corrected chi connectivity index (χ0v) is 23.0. The van der Waals surface area contributed by atoms with Crippen LogP contribution in [0.1, 0.15) is 40.8 Å². The van der Waals surface area contributed by atoms with Gasteiger partial charge in [0.15, 0.2) is 6.23 Å². The Hall–Kier alpha value is -2.90. The molecule has 2 aromatic rings. The molecule has 1 unspecified atom stereocenters. The zero-order chi connectivity index (χ0) is 29.2. The first kappa shape index (κ1) is 30.6. The number of hydrogen-bond donors (Lipinski definition) is 3. The first-order chi connectivity index (χ1) is 18.1. The van der Waals surface area contributed by atoms with E-state index in [0.29, 0.717) is 4.57 Å². The van der Waals surface area contributed by atoms with E-state index in [-0.39, 0.29) is 11.6 Å². The van der Waals surface area contributed by atoms with Crippen molar-refractivity contribution < 1.29 is 41.8 Å². The molecule has 6 atom stereocenters. The second-order valence-electron chi connectivity index (χ2n) is 9.89. The number of para-hydroxylation sites is 1. The molecule has 1 aromatic carbocycles. The molecule has 4 N–H and O–H groups in total. The molecule has 216 valence electrons. The SMILES string of the molecule is CC(C)OC(=O)[C@H](C)N[P@](=O)(Oc1ccccc1)OC(C)(C)[C@H]1O[C@@H](n2ccc(N)nc2=O)[C@@](F)(CF)C1O. The van der Waals surface area contributed by atoms with Crippen molar-refractivity contribution in [1.82, 2.24) is 14.6 Å². The van der Waals surface area contributed by atoms with E-state index in [0.717, 1.165) is 6.20 Å². The predicted octanol–water partition coefficient (Wildman–Crippen LogP) is 2.67. The number of carbonyl (C=O) groups is 1. The molecule has 1 aliphatic heterocycles. The number of alkyl halides is 2. The molecule has 0 spiro atoms. The van der Waals surface area contributed by atoms with Gasteiger partial charge >= 0.3 is 19.4 Å². The monoisotopic (exact) mass is 574 g/mol. The number of nitrogens with two attached hydrogens (primary N) is 1. The fourth-order valence-electron chi connectivity index (χ4n) is 3.99. The molecule has 1 aliphatic rings. The average molecular weight is 575 g/mol. The van der Waals surface area contributed by atoms with Crippen LogP contribution in [0.5, 0.6) is 5.75 Å². The lowest BCUT2D eigenvalue weighted by atomic mass is 9.89. The number of nitrogens with one attached hydrogen (secondary N) is 1. The van der Waals surface area contributed by atoms with Gasteiger partial charge in [-0.3, -0.25) is 13.9 Å². The van der Waals surface area contributed by atoms with Crippen molar-refractivity contribution in [2.24, 2.45) is 0 Å². The highest BCUT2D eigenvalue weighted by atomic mass is 31.2. The summed E-state index contributed by atoms with van der Waals surface area (Å²) in [5, 5.41) is 13.4. The van der Waals surface area contributed by atoms with E-state index in [2.05, 4.69) is 10.1 Å². The largest absolute Gasteiger partial charge is 0.462 e. The highest BCUT2D eigenvalue weighted by molar-refractivity contribution is 7.52. The Bertz CT molecular complexity index is 1260. The number of benzene rings is 1. The lowest BCUT2D eigenvalue weighted by Crippen LogP contribution is -2.52. The Morgan fingerprint density at radius 3 is 2.51 bits per heavy atom. The van der Waals surface area contributed by atoms with Gasteiger partial charge in [0.2, 0.25) is 5.67 Å². The fraction of sp³-hybridized carbons (Fsp3) is 0.542. The molecule has 0 saturated carbocycles. The van der Waals surface area contributed by atoms with Crippen LogP contribution >= 0.6 is 7.75 Å². The minimum atomic E-state index is -4.51. The first-order valence-electron chi connectivity index (χ1n) is 12.1. The number of hydrogen-bond acceptors (Lipinski definition) is 10. The van der Waals surface area contributed by atoms with E-state index in [1.807, 2.05) is 0 Å². The standard InChI is InChI=1S/C24H33F2N4O8P/c1-14(2)35-20(32)15(3)29-39(34,37-16-9-7-6-8-10-16)38-23(4,5)19-18(31)24(26,13-25)21(36-19)30-12-11-17(27)28-22(30)33/h6-12,14-15,18-19,21,31H,13H2,1-5H3,(H,29,34)(H2,27,28,33)/t15-,18?,19-,21+,24+,39-/m0/s1. The van der Waals surface area contributed by atoms with Gasteiger partial charge in [0.25, 0.3) is 0 Å². The van der Waals surface area contributed by atoms with Gasteiger partial charge in [0.1, 0.15) is 42.1 Å². The molecule has 0 bridgehead atoms. The molecular formula is C24H33F2N4O8P. The van der Waals surface area contributed by atoms with Crippen LogP contribution in [-0.2, 0) is 23.4 Å². The number of nitrogen functional groups attached to an aromatic ring is 1. The van der Waals surface area contributed by atoms with E-state index in [1.54, 1.807) is 32.0 Å². The summed E-state index contributed by atoms with van der Waals surface area (Å²) in [6, 6.07) is 7.84. The average Bonchev–Trinajstić information content (AvgIpc) is 3.10. The first-order valence-corrected chi connectivity index (χ1v) is 13.6. The molecule has 15 heteroatoms. The molecular weight excluding hydrogens is 541 g/mol. The van der Waals surface area contributed by atoms with Crippen molar-refractivity contribution in [1.29, 1.82) is 0 Å². The number of carbonyl (C=O) groups excluding carboxylic acids is 1. The fourth-order valence-corrected chi connectivity index (χ4v) is 5.84. The maximum atomic E-state index is 15.9. The normalized spacial score (nSPS) is 25.7. The lowest BCUT2D eigenvalue weighted by molar-refractivity contribution is -0.149.